The Morgan fingerprint density at radius 3 is 2.35 bits per heavy atom. The van der Waals surface area contributed by atoms with Crippen LogP contribution in [0.3, 0.4) is 0 Å². The van der Waals surface area contributed by atoms with Crippen LogP contribution in [0.1, 0.15) is 19.4 Å². The van der Waals surface area contributed by atoms with Gasteiger partial charge in [-0.3, -0.25) is 9.59 Å². The van der Waals surface area contributed by atoms with Crippen LogP contribution in [0, 0.1) is 0 Å². The lowest BCUT2D eigenvalue weighted by Gasteiger charge is -2.22. The quantitative estimate of drug-likeness (QED) is 0.718. The number of nitrogens with zero attached hydrogens (tertiary/aromatic N) is 2. The van der Waals surface area contributed by atoms with E-state index in [0.29, 0.717) is 13.1 Å². The normalized spacial score (nSPS) is 10.9. The minimum atomic E-state index is -0.194. The van der Waals surface area contributed by atoms with Crippen LogP contribution in [-0.4, -0.2) is 55.4 Å². The van der Waals surface area contributed by atoms with E-state index in [1.54, 1.807) is 25.1 Å². The number of carbonyl (C=O) groups excluding carboxylic acids is 2. The predicted octanol–water partition coefficient (Wildman–Crippen LogP) is 3.19. The van der Waals surface area contributed by atoms with Crippen LogP contribution in [0.25, 0.3) is 16.8 Å². The number of fused-ring (bicyclic) bond motifs is 1. The highest BCUT2D eigenvalue weighted by Crippen LogP contribution is 2.22. The van der Waals surface area contributed by atoms with Gasteiger partial charge in [0.15, 0.2) is 0 Å². The molecule has 5 nitrogen and oxygen atoms in total. The molecule has 5 heteroatoms. The number of hydrogen-bond acceptors (Lipinski definition) is 3. The van der Waals surface area contributed by atoms with E-state index in [2.05, 4.69) is 0 Å². The number of methoxy groups -OCH3 is 1. The minimum absolute atomic E-state index is 0.0427. The summed E-state index contributed by atoms with van der Waals surface area (Å²) in [5, 5.41) is 2.15. The van der Waals surface area contributed by atoms with Gasteiger partial charge in [-0.15, -0.1) is 0 Å². The van der Waals surface area contributed by atoms with E-state index >= 15 is 0 Å². The van der Waals surface area contributed by atoms with Gasteiger partial charge in [-0.1, -0.05) is 18.2 Å². The Morgan fingerprint density at radius 2 is 1.69 bits per heavy atom. The van der Waals surface area contributed by atoms with Gasteiger partial charge < -0.3 is 14.5 Å². The Labute approximate surface area is 154 Å². The summed E-state index contributed by atoms with van der Waals surface area (Å²) >= 11 is 0. The van der Waals surface area contributed by atoms with Crippen LogP contribution in [0.5, 0.6) is 5.75 Å². The first kappa shape index (κ1) is 19.5. The molecule has 0 aliphatic heterocycles. The van der Waals surface area contributed by atoms with E-state index in [0.717, 1.165) is 22.1 Å². The second-order valence-corrected chi connectivity index (χ2v) is 6.07. The maximum Gasteiger partial charge on any atom is 0.246 e. The van der Waals surface area contributed by atoms with Crippen LogP contribution in [0.15, 0.2) is 42.5 Å². The molecular formula is C21H26N2O3. The van der Waals surface area contributed by atoms with Crippen LogP contribution >= 0.6 is 0 Å². The van der Waals surface area contributed by atoms with E-state index in [1.165, 1.54) is 11.0 Å². The van der Waals surface area contributed by atoms with Gasteiger partial charge in [-0.2, -0.15) is 0 Å². The molecule has 0 unspecified atom stereocenters. The Balaban J connectivity index is 2.05. The highest BCUT2D eigenvalue weighted by Gasteiger charge is 2.14. The summed E-state index contributed by atoms with van der Waals surface area (Å²) in [6.45, 7) is 5.24. The molecule has 0 aromatic heterocycles. The lowest BCUT2D eigenvalue weighted by atomic mass is 10.1. The second-order valence-electron chi connectivity index (χ2n) is 6.07. The first-order valence-corrected chi connectivity index (χ1v) is 8.77. The molecule has 2 aromatic rings. The van der Waals surface area contributed by atoms with Crippen molar-refractivity contribution in [2.24, 2.45) is 0 Å². The highest BCUT2D eigenvalue weighted by atomic mass is 16.5. The summed E-state index contributed by atoms with van der Waals surface area (Å²) < 4.78 is 5.23. The third kappa shape index (κ3) is 4.85. The Kier molecular flexibility index (Phi) is 6.78. The van der Waals surface area contributed by atoms with Crippen molar-refractivity contribution in [2.75, 3.05) is 33.8 Å². The summed E-state index contributed by atoms with van der Waals surface area (Å²) in [7, 11) is 3.28. The molecule has 2 amide bonds. The smallest absolute Gasteiger partial charge is 0.246 e. The molecule has 0 spiro atoms. The lowest BCUT2D eigenvalue weighted by molar-refractivity contribution is -0.136. The topological polar surface area (TPSA) is 49.9 Å². The van der Waals surface area contributed by atoms with Crippen LogP contribution in [-0.2, 0) is 9.59 Å². The fourth-order valence-electron chi connectivity index (χ4n) is 2.72. The van der Waals surface area contributed by atoms with Crippen LogP contribution in [0.4, 0.5) is 0 Å². The maximum absolute atomic E-state index is 12.3. The Morgan fingerprint density at radius 1 is 1.04 bits per heavy atom. The molecule has 0 aliphatic carbocycles. The maximum atomic E-state index is 12.3. The lowest BCUT2D eigenvalue weighted by Crippen LogP contribution is -2.40. The molecule has 0 fully saturated rings. The molecule has 0 heterocycles. The standard InChI is InChI=1S/C21H26N2O3/c1-5-23(6-2)21(25)15-22(3)20(24)12-8-16-7-9-18-14-19(26-4)11-10-17(18)13-16/h7-14H,5-6,15H2,1-4H3/b12-8+. The first-order chi connectivity index (χ1) is 12.5. The van der Waals surface area contributed by atoms with Gasteiger partial charge in [0.1, 0.15) is 5.75 Å². The van der Waals surface area contributed by atoms with E-state index < -0.39 is 0 Å². The third-order valence-electron chi connectivity index (χ3n) is 4.35. The number of carbonyl (C=O) groups is 2. The van der Waals surface area contributed by atoms with Crippen molar-refractivity contribution < 1.29 is 14.3 Å². The summed E-state index contributed by atoms with van der Waals surface area (Å²) in [6, 6.07) is 11.8. The monoisotopic (exact) mass is 354 g/mol. The molecule has 0 saturated carbocycles. The fourth-order valence-corrected chi connectivity index (χ4v) is 2.72. The third-order valence-corrected chi connectivity index (χ3v) is 4.35. The molecule has 0 atom stereocenters. The number of amides is 2. The Bertz CT molecular complexity index is 810. The van der Waals surface area contributed by atoms with Gasteiger partial charge in [0.2, 0.25) is 11.8 Å². The van der Waals surface area contributed by atoms with Crippen molar-refractivity contribution in [3.05, 3.63) is 48.0 Å². The zero-order valence-corrected chi connectivity index (χ0v) is 15.9. The number of hydrogen-bond donors (Lipinski definition) is 0. The van der Waals surface area contributed by atoms with Gasteiger partial charge in [0, 0.05) is 26.2 Å². The van der Waals surface area contributed by atoms with Gasteiger partial charge in [-0.25, -0.2) is 0 Å². The molecule has 138 valence electrons. The number of rotatable bonds is 7. The van der Waals surface area contributed by atoms with Gasteiger partial charge in [0.05, 0.1) is 13.7 Å². The molecule has 0 N–H and O–H groups in total. The van der Waals surface area contributed by atoms with Crippen LogP contribution in [0.2, 0.25) is 0 Å². The molecule has 0 radical (unpaired) electrons. The minimum Gasteiger partial charge on any atom is -0.497 e. The number of likely N-dealkylation sites (N-methyl/N-ethyl adjacent to an activating group) is 2. The first-order valence-electron chi connectivity index (χ1n) is 8.77. The molecule has 2 aromatic carbocycles. The largest absolute Gasteiger partial charge is 0.497 e. The van der Waals surface area contributed by atoms with Crippen molar-refractivity contribution in [3.8, 4) is 5.75 Å². The summed E-state index contributed by atoms with van der Waals surface area (Å²) in [5.74, 6) is 0.578. The average Bonchev–Trinajstić information content (AvgIpc) is 2.66. The molecule has 0 aliphatic rings. The van der Waals surface area contributed by atoms with Gasteiger partial charge in [-0.05, 0) is 54.5 Å². The second kappa shape index (κ2) is 9.04. The molecular weight excluding hydrogens is 328 g/mol. The highest BCUT2D eigenvalue weighted by molar-refractivity contribution is 5.95. The van der Waals surface area contributed by atoms with Gasteiger partial charge in [0.25, 0.3) is 0 Å². The van der Waals surface area contributed by atoms with Crippen molar-refractivity contribution in [3.63, 3.8) is 0 Å². The summed E-state index contributed by atoms with van der Waals surface area (Å²) in [4.78, 5) is 27.5. The van der Waals surface area contributed by atoms with E-state index in [-0.39, 0.29) is 18.4 Å². The van der Waals surface area contributed by atoms with E-state index in [1.807, 2.05) is 50.2 Å². The fraction of sp³-hybridized carbons (Fsp3) is 0.333. The molecule has 2 rings (SSSR count). The Hall–Kier alpha value is -2.82. The summed E-state index contributed by atoms with van der Waals surface area (Å²) in [6.07, 6.45) is 3.27. The predicted molar refractivity (Wildman–Crippen MR) is 105 cm³/mol. The molecule has 0 saturated heterocycles. The summed E-state index contributed by atoms with van der Waals surface area (Å²) in [5.41, 5.74) is 0.930. The average molecular weight is 354 g/mol. The van der Waals surface area contributed by atoms with Crippen LogP contribution < -0.4 is 4.74 Å². The van der Waals surface area contributed by atoms with Crippen molar-refractivity contribution in [2.45, 2.75) is 13.8 Å². The SMILES string of the molecule is CCN(CC)C(=O)CN(C)C(=O)/C=C/c1ccc2cc(OC)ccc2c1. The number of ether oxygens (including phenoxy) is 1. The van der Waals surface area contributed by atoms with Crippen molar-refractivity contribution in [1.29, 1.82) is 0 Å². The van der Waals surface area contributed by atoms with Crippen molar-refractivity contribution >= 4 is 28.7 Å². The molecule has 0 bridgehead atoms. The molecule has 26 heavy (non-hydrogen) atoms. The van der Waals surface area contributed by atoms with Gasteiger partial charge >= 0.3 is 0 Å². The van der Waals surface area contributed by atoms with E-state index in [9.17, 15) is 9.59 Å². The zero-order chi connectivity index (χ0) is 19.1. The zero-order valence-electron chi connectivity index (χ0n) is 15.9. The van der Waals surface area contributed by atoms with Crippen molar-refractivity contribution in [1.82, 2.24) is 9.80 Å². The number of benzene rings is 2. The van der Waals surface area contributed by atoms with E-state index in [4.69, 9.17) is 4.74 Å².